The van der Waals surface area contributed by atoms with Gasteiger partial charge in [0.2, 0.25) is 0 Å². The quantitative estimate of drug-likeness (QED) is 0.919. The first-order chi connectivity index (χ1) is 6.60. The molecule has 0 aliphatic heterocycles. The van der Waals surface area contributed by atoms with Crippen molar-refractivity contribution in [2.75, 3.05) is 14.2 Å². The first kappa shape index (κ1) is 12.0. The van der Waals surface area contributed by atoms with Gasteiger partial charge in [0.25, 0.3) is 0 Å². The molecule has 0 aromatic heterocycles. The zero-order valence-corrected chi connectivity index (χ0v) is 11.6. The van der Waals surface area contributed by atoms with Crippen molar-refractivity contribution in [1.29, 1.82) is 0 Å². The highest BCUT2D eigenvalue weighted by Crippen LogP contribution is 2.35. The van der Waals surface area contributed by atoms with Gasteiger partial charge in [-0.15, -0.1) is 0 Å². The molecule has 0 aliphatic carbocycles. The van der Waals surface area contributed by atoms with Crippen LogP contribution in [0.25, 0.3) is 0 Å². The van der Waals surface area contributed by atoms with Gasteiger partial charge in [0.05, 0.1) is 16.1 Å². The maximum Gasteiger partial charge on any atom is 0.147 e. The van der Waals surface area contributed by atoms with Gasteiger partial charge in [0.15, 0.2) is 0 Å². The lowest BCUT2D eigenvalue weighted by Crippen LogP contribution is -2.12. The third kappa shape index (κ3) is 2.49. The molecule has 4 heteroatoms. The third-order valence-electron chi connectivity index (χ3n) is 2.16. The molecule has 1 aromatic carbocycles. The maximum atomic E-state index is 5.23. The molecule has 1 N–H and O–H groups in total. The predicted molar refractivity (Wildman–Crippen MR) is 65.9 cm³/mol. The highest BCUT2D eigenvalue weighted by Gasteiger charge is 2.10. The zero-order chi connectivity index (χ0) is 10.7. The van der Waals surface area contributed by atoms with E-state index in [2.05, 4.69) is 56.2 Å². The molecule has 0 saturated carbocycles. The van der Waals surface area contributed by atoms with Crippen LogP contribution in [0.4, 0.5) is 0 Å². The SMILES string of the molecule is CN[C@H](C)c1cc(Br)c(OC)c(Br)c1. The van der Waals surface area contributed by atoms with Crippen molar-refractivity contribution >= 4 is 31.9 Å². The fourth-order valence-electron chi connectivity index (χ4n) is 1.19. The van der Waals surface area contributed by atoms with Gasteiger partial charge in [-0.1, -0.05) is 0 Å². The molecule has 0 amide bonds. The Kier molecular flexibility index (Phi) is 4.41. The summed E-state index contributed by atoms with van der Waals surface area (Å²) in [6, 6.07) is 4.45. The Balaban J connectivity index is 3.13. The van der Waals surface area contributed by atoms with E-state index in [1.807, 2.05) is 7.05 Å². The maximum absolute atomic E-state index is 5.23. The summed E-state index contributed by atoms with van der Waals surface area (Å²) in [7, 11) is 3.60. The monoisotopic (exact) mass is 321 g/mol. The van der Waals surface area contributed by atoms with E-state index in [0.29, 0.717) is 6.04 Å². The molecule has 78 valence electrons. The molecule has 1 aromatic rings. The normalized spacial score (nSPS) is 12.6. The van der Waals surface area contributed by atoms with E-state index in [1.165, 1.54) is 5.56 Å². The number of hydrogen-bond acceptors (Lipinski definition) is 2. The fourth-order valence-corrected chi connectivity index (χ4v) is 2.74. The topological polar surface area (TPSA) is 21.3 Å². The summed E-state index contributed by atoms with van der Waals surface area (Å²) in [6.45, 7) is 2.11. The van der Waals surface area contributed by atoms with Crippen molar-refractivity contribution in [3.8, 4) is 5.75 Å². The second-order valence-corrected chi connectivity index (χ2v) is 4.74. The fraction of sp³-hybridized carbons (Fsp3) is 0.400. The van der Waals surface area contributed by atoms with E-state index in [-0.39, 0.29) is 0 Å². The molecular weight excluding hydrogens is 310 g/mol. The first-order valence-corrected chi connectivity index (χ1v) is 5.89. The van der Waals surface area contributed by atoms with Crippen LogP contribution in [0.5, 0.6) is 5.75 Å². The van der Waals surface area contributed by atoms with Crippen LogP contribution in [0.15, 0.2) is 21.1 Å². The minimum Gasteiger partial charge on any atom is -0.494 e. The Labute approximate surface area is 101 Å². The van der Waals surface area contributed by atoms with Crippen LogP contribution in [0.3, 0.4) is 0 Å². The first-order valence-electron chi connectivity index (χ1n) is 4.30. The summed E-state index contributed by atoms with van der Waals surface area (Å²) < 4.78 is 7.16. The Hall–Kier alpha value is -0.0600. The van der Waals surface area contributed by atoms with Crippen molar-refractivity contribution < 1.29 is 4.74 Å². The van der Waals surface area contributed by atoms with Gasteiger partial charge in [-0.3, -0.25) is 0 Å². The third-order valence-corrected chi connectivity index (χ3v) is 3.34. The summed E-state index contributed by atoms with van der Waals surface area (Å²) in [5, 5.41) is 3.19. The van der Waals surface area contributed by atoms with Gasteiger partial charge in [0, 0.05) is 6.04 Å². The lowest BCUT2D eigenvalue weighted by atomic mass is 10.1. The molecule has 2 nitrogen and oxygen atoms in total. The van der Waals surface area contributed by atoms with Crippen LogP contribution in [0, 0.1) is 0 Å². The Morgan fingerprint density at radius 2 is 1.79 bits per heavy atom. The molecule has 0 heterocycles. The van der Waals surface area contributed by atoms with Crippen molar-refractivity contribution in [2.24, 2.45) is 0 Å². The molecule has 0 radical (unpaired) electrons. The largest absolute Gasteiger partial charge is 0.494 e. The van der Waals surface area contributed by atoms with Crippen LogP contribution in [0.2, 0.25) is 0 Å². The Bertz CT molecular complexity index is 305. The molecule has 1 atom stereocenters. The summed E-state index contributed by atoms with van der Waals surface area (Å²) in [5.41, 5.74) is 1.21. The number of rotatable bonds is 3. The summed E-state index contributed by atoms with van der Waals surface area (Å²) in [6.07, 6.45) is 0. The molecule has 0 spiro atoms. The van der Waals surface area contributed by atoms with E-state index in [4.69, 9.17) is 4.74 Å². The number of benzene rings is 1. The van der Waals surface area contributed by atoms with Crippen molar-refractivity contribution in [1.82, 2.24) is 5.32 Å². The molecule has 0 bridgehead atoms. The van der Waals surface area contributed by atoms with Crippen LogP contribution in [-0.4, -0.2) is 14.2 Å². The number of ether oxygens (including phenoxy) is 1. The van der Waals surface area contributed by atoms with Crippen molar-refractivity contribution in [2.45, 2.75) is 13.0 Å². The van der Waals surface area contributed by atoms with E-state index < -0.39 is 0 Å². The predicted octanol–water partition coefficient (Wildman–Crippen LogP) is 3.50. The minimum absolute atomic E-state index is 0.327. The number of nitrogens with one attached hydrogen (secondary N) is 1. The van der Waals surface area contributed by atoms with Gasteiger partial charge >= 0.3 is 0 Å². The van der Waals surface area contributed by atoms with Crippen molar-refractivity contribution in [3.05, 3.63) is 26.6 Å². The minimum atomic E-state index is 0.327. The number of halogens is 2. The molecule has 1 rings (SSSR count). The van der Waals surface area contributed by atoms with Gasteiger partial charge in [-0.05, 0) is 63.5 Å². The van der Waals surface area contributed by atoms with Crippen LogP contribution in [0.1, 0.15) is 18.5 Å². The molecule has 0 saturated heterocycles. The van der Waals surface area contributed by atoms with E-state index >= 15 is 0 Å². The summed E-state index contributed by atoms with van der Waals surface area (Å²) >= 11 is 6.95. The van der Waals surface area contributed by atoms with Crippen LogP contribution < -0.4 is 10.1 Å². The second kappa shape index (κ2) is 5.14. The average Bonchev–Trinajstić information content (AvgIpc) is 2.16. The molecule has 0 unspecified atom stereocenters. The molecular formula is C10H13Br2NO. The van der Waals surface area contributed by atoms with E-state index in [1.54, 1.807) is 7.11 Å². The summed E-state index contributed by atoms with van der Waals surface area (Å²) in [4.78, 5) is 0. The lowest BCUT2D eigenvalue weighted by Gasteiger charge is -2.14. The highest BCUT2D eigenvalue weighted by molar-refractivity contribution is 9.11. The number of methoxy groups -OCH3 is 1. The van der Waals surface area contributed by atoms with Gasteiger partial charge in [-0.25, -0.2) is 0 Å². The smallest absolute Gasteiger partial charge is 0.147 e. The van der Waals surface area contributed by atoms with E-state index in [0.717, 1.165) is 14.7 Å². The lowest BCUT2D eigenvalue weighted by molar-refractivity contribution is 0.409. The second-order valence-electron chi connectivity index (χ2n) is 3.03. The number of hydrogen-bond donors (Lipinski definition) is 1. The standard InChI is InChI=1S/C10H13Br2NO/c1-6(13-2)7-4-8(11)10(14-3)9(12)5-7/h4-6,13H,1-3H3/t6-/m1/s1. The molecule has 0 fully saturated rings. The molecule has 0 aliphatic rings. The molecule has 14 heavy (non-hydrogen) atoms. The van der Waals surface area contributed by atoms with E-state index in [9.17, 15) is 0 Å². The van der Waals surface area contributed by atoms with Crippen molar-refractivity contribution in [3.63, 3.8) is 0 Å². The average molecular weight is 323 g/mol. The van der Waals surface area contributed by atoms with Gasteiger partial charge in [0.1, 0.15) is 5.75 Å². The highest BCUT2D eigenvalue weighted by atomic mass is 79.9. The van der Waals surface area contributed by atoms with Crippen LogP contribution >= 0.6 is 31.9 Å². The van der Waals surface area contributed by atoms with Crippen LogP contribution in [-0.2, 0) is 0 Å². The van der Waals surface area contributed by atoms with Gasteiger partial charge in [-0.2, -0.15) is 0 Å². The Morgan fingerprint density at radius 3 is 2.14 bits per heavy atom. The summed E-state index contributed by atoms with van der Waals surface area (Å²) in [5.74, 6) is 0.831. The zero-order valence-electron chi connectivity index (χ0n) is 8.40. The van der Waals surface area contributed by atoms with Gasteiger partial charge < -0.3 is 10.1 Å². The Morgan fingerprint density at radius 1 is 1.29 bits per heavy atom.